The van der Waals surface area contributed by atoms with Crippen LogP contribution in [0.25, 0.3) is 0 Å². The van der Waals surface area contributed by atoms with Crippen molar-refractivity contribution in [3.63, 3.8) is 0 Å². The lowest BCUT2D eigenvalue weighted by molar-refractivity contribution is -0.135. The van der Waals surface area contributed by atoms with E-state index in [9.17, 15) is 14.4 Å². The lowest BCUT2D eigenvalue weighted by Crippen LogP contribution is -2.48. The first-order valence-corrected chi connectivity index (χ1v) is 9.65. The summed E-state index contributed by atoms with van der Waals surface area (Å²) in [5, 5.41) is 11.7. The number of benzene rings is 2. The third-order valence-corrected chi connectivity index (χ3v) is 5.37. The normalized spacial score (nSPS) is 19.6. The van der Waals surface area contributed by atoms with Crippen molar-refractivity contribution in [2.45, 2.75) is 18.4 Å². The van der Waals surface area contributed by atoms with Gasteiger partial charge in [0.2, 0.25) is 5.91 Å². The van der Waals surface area contributed by atoms with E-state index in [1.165, 1.54) is 4.90 Å². The quantitative estimate of drug-likeness (QED) is 0.770. The van der Waals surface area contributed by atoms with Crippen LogP contribution < -0.4 is 15.0 Å². The molecular weight excluding hydrogens is 384 g/mol. The highest BCUT2D eigenvalue weighted by Gasteiger charge is 2.55. The molecule has 1 fully saturated rings. The van der Waals surface area contributed by atoms with E-state index < -0.39 is 29.9 Å². The van der Waals surface area contributed by atoms with Crippen molar-refractivity contribution in [1.82, 2.24) is 10.2 Å². The lowest BCUT2D eigenvalue weighted by atomic mass is 9.84. The summed E-state index contributed by atoms with van der Waals surface area (Å²) >= 11 is 0. The molecule has 2 aliphatic heterocycles. The molecule has 1 atom stereocenters. The van der Waals surface area contributed by atoms with E-state index >= 15 is 0 Å². The van der Waals surface area contributed by atoms with Gasteiger partial charge in [-0.05, 0) is 18.2 Å². The molecule has 2 aromatic rings. The molecule has 2 aromatic carbocycles. The number of imide groups is 1. The van der Waals surface area contributed by atoms with Gasteiger partial charge in [-0.15, -0.1) is 0 Å². The van der Waals surface area contributed by atoms with Crippen molar-refractivity contribution in [3.05, 3.63) is 60.2 Å². The van der Waals surface area contributed by atoms with Gasteiger partial charge in [-0.1, -0.05) is 36.4 Å². The number of nitrogens with zero attached hydrogens (tertiary/aromatic N) is 3. The minimum atomic E-state index is -1.23. The molecule has 4 amide bonds. The predicted octanol–water partition coefficient (Wildman–Crippen LogP) is 2.16. The Balaban J connectivity index is 1.59. The van der Waals surface area contributed by atoms with Gasteiger partial charge < -0.3 is 15.0 Å². The standard InChI is InChI=1S/C22H20N4O4/c23-12-6-13-25(16-7-2-1-3-8-16)19(27)15-26-20(28)22(24-21(26)29)11-14-30-18-10-5-4-9-17(18)22/h1-5,7-10H,6,11,13-15H2,(H,24,29)/t22-/m0/s1. The van der Waals surface area contributed by atoms with Crippen LogP contribution >= 0.6 is 0 Å². The molecule has 0 saturated carbocycles. The van der Waals surface area contributed by atoms with Crippen molar-refractivity contribution < 1.29 is 19.1 Å². The summed E-state index contributed by atoms with van der Waals surface area (Å²) in [6.07, 6.45) is 0.422. The Morgan fingerprint density at radius 1 is 1.17 bits per heavy atom. The monoisotopic (exact) mass is 404 g/mol. The number of fused-ring (bicyclic) bond motifs is 2. The molecule has 0 aliphatic carbocycles. The van der Waals surface area contributed by atoms with Crippen molar-refractivity contribution in [2.24, 2.45) is 0 Å². The SMILES string of the molecule is N#CCCN(C(=O)CN1C(=O)N[C@]2(CCOc3ccccc32)C1=O)c1ccccc1. The maximum absolute atomic E-state index is 13.3. The number of carbonyl (C=O) groups excluding carboxylic acids is 3. The molecule has 30 heavy (non-hydrogen) atoms. The number of para-hydroxylation sites is 2. The van der Waals surface area contributed by atoms with E-state index in [1.54, 1.807) is 48.5 Å². The molecule has 152 valence electrons. The zero-order valence-electron chi connectivity index (χ0n) is 16.2. The van der Waals surface area contributed by atoms with Crippen molar-refractivity contribution >= 4 is 23.5 Å². The Morgan fingerprint density at radius 2 is 1.90 bits per heavy atom. The van der Waals surface area contributed by atoms with Gasteiger partial charge in [0.15, 0.2) is 5.54 Å². The van der Waals surface area contributed by atoms with Crippen molar-refractivity contribution in [1.29, 1.82) is 5.26 Å². The summed E-state index contributed by atoms with van der Waals surface area (Å²) in [4.78, 5) is 41.4. The average molecular weight is 404 g/mol. The predicted molar refractivity (Wildman–Crippen MR) is 108 cm³/mol. The van der Waals surface area contributed by atoms with Crippen molar-refractivity contribution in [2.75, 3.05) is 24.6 Å². The van der Waals surface area contributed by atoms with Gasteiger partial charge in [0.1, 0.15) is 12.3 Å². The molecular formula is C22H20N4O4. The van der Waals surface area contributed by atoms with Crippen molar-refractivity contribution in [3.8, 4) is 11.8 Å². The van der Waals surface area contributed by atoms with Gasteiger partial charge in [0.25, 0.3) is 5.91 Å². The topological polar surface area (TPSA) is 103 Å². The first-order chi connectivity index (χ1) is 14.6. The Hall–Kier alpha value is -3.86. The number of nitrogens with one attached hydrogen (secondary N) is 1. The number of hydrogen-bond donors (Lipinski definition) is 1. The van der Waals surface area contributed by atoms with E-state index in [4.69, 9.17) is 10.00 Å². The van der Waals surface area contributed by atoms with Crippen LogP contribution in [0.5, 0.6) is 5.75 Å². The number of urea groups is 1. The molecule has 0 radical (unpaired) electrons. The van der Waals surface area contributed by atoms with E-state index in [-0.39, 0.29) is 26.0 Å². The molecule has 8 nitrogen and oxygen atoms in total. The minimum Gasteiger partial charge on any atom is -0.493 e. The minimum absolute atomic E-state index is 0.134. The van der Waals surface area contributed by atoms with Gasteiger partial charge in [0, 0.05) is 24.2 Å². The molecule has 1 spiro atoms. The highest BCUT2D eigenvalue weighted by molar-refractivity contribution is 6.11. The highest BCUT2D eigenvalue weighted by Crippen LogP contribution is 2.40. The lowest BCUT2D eigenvalue weighted by Gasteiger charge is -2.33. The summed E-state index contributed by atoms with van der Waals surface area (Å²) < 4.78 is 5.62. The second kappa shape index (κ2) is 7.87. The van der Waals surface area contributed by atoms with E-state index in [1.807, 2.05) is 12.1 Å². The number of hydrogen-bond acceptors (Lipinski definition) is 5. The molecule has 0 bridgehead atoms. The molecule has 0 aromatic heterocycles. The number of rotatable bonds is 5. The Morgan fingerprint density at radius 3 is 2.67 bits per heavy atom. The maximum Gasteiger partial charge on any atom is 0.325 e. The van der Waals surface area contributed by atoms with Crippen LogP contribution in [0, 0.1) is 11.3 Å². The van der Waals surface area contributed by atoms with Crippen LogP contribution in [0.4, 0.5) is 10.5 Å². The first-order valence-electron chi connectivity index (χ1n) is 9.65. The number of ether oxygens (including phenoxy) is 1. The van der Waals surface area contributed by atoms with Crippen LogP contribution in [-0.4, -0.2) is 42.4 Å². The second-order valence-electron chi connectivity index (χ2n) is 7.11. The fourth-order valence-electron chi connectivity index (χ4n) is 3.90. The molecule has 0 unspecified atom stereocenters. The summed E-state index contributed by atoms with van der Waals surface area (Å²) in [5.41, 5.74) is -0.0268. The Kier molecular flexibility index (Phi) is 5.11. The fourth-order valence-corrected chi connectivity index (χ4v) is 3.90. The van der Waals surface area contributed by atoms with Gasteiger partial charge in [-0.3, -0.25) is 14.5 Å². The molecule has 8 heteroatoms. The fraction of sp³-hybridized carbons (Fsp3) is 0.273. The van der Waals surface area contributed by atoms with Gasteiger partial charge in [-0.25, -0.2) is 4.79 Å². The van der Waals surface area contributed by atoms with Gasteiger partial charge >= 0.3 is 6.03 Å². The summed E-state index contributed by atoms with van der Waals surface area (Å²) in [6.45, 7) is 0.0453. The largest absolute Gasteiger partial charge is 0.493 e. The Bertz CT molecular complexity index is 1030. The average Bonchev–Trinajstić information content (AvgIpc) is 3.00. The van der Waals surface area contributed by atoms with E-state index in [0.29, 0.717) is 17.0 Å². The van der Waals surface area contributed by atoms with E-state index in [0.717, 1.165) is 4.90 Å². The van der Waals surface area contributed by atoms with E-state index in [2.05, 4.69) is 5.32 Å². The zero-order chi connectivity index (χ0) is 21.1. The number of amides is 4. The van der Waals surface area contributed by atoms with Crippen LogP contribution in [0.15, 0.2) is 54.6 Å². The Labute approximate surface area is 173 Å². The molecule has 2 aliphatic rings. The smallest absolute Gasteiger partial charge is 0.325 e. The summed E-state index contributed by atoms with van der Waals surface area (Å²) in [5.74, 6) is -0.354. The first kappa shape index (κ1) is 19.5. The molecule has 1 saturated heterocycles. The van der Waals surface area contributed by atoms with Crippen LogP contribution in [0.3, 0.4) is 0 Å². The third-order valence-electron chi connectivity index (χ3n) is 5.37. The van der Waals surface area contributed by atoms with Crippen LogP contribution in [0.2, 0.25) is 0 Å². The third kappa shape index (κ3) is 3.24. The molecule has 1 N–H and O–H groups in total. The molecule has 4 rings (SSSR count). The van der Waals surface area contributed by atoms with Crippen LogP contribution in [0.1, 0.15) is 18.4 Å². The molecule has 2 heterocycles. The number of nitriles is 1. The second-order valence-corrected chi connectivity index (χ2v) is 7.11. The van der Waals surface area contributed by atoms with Gasteiger partial charge in [0.05, 0.1) is 19.1 Å². The summed E-state index contributed by atoms with van der Waals surface area (Å²) in [6, 6.07) is 17.4. The number of carbonyl (C=O) groups is 3. The highest BCUT2D eigenvalue weighted by atomic mass is 16.5. The summed E-state index contributed by atoms with van der Waals surface area (Å²) in [7, 11) is 0. The zero-order valence-corrected chi connectivity index (χ0v) is 16.2. The maximum atomic E-state index is 13.3. The van der Waals surface area contributed by atoms with Crippen LogP contribution in [-0.2, 0) is 15.1 Å². The van der Waals surface area contributed by atoms with Gasteiger partial charge in [-0.2, -0.15) is 5.26 Å². The number of anilines is 1.